The van der Waals surface area contributed by atoms with E-state index in [1.165, 1.54) is 4.90 Å². The van der Waals surface area contributed by atoms with Gasteiger partial charge in [-0.3, -0.25) is 4.90 Å². The minimum absolute atomic E-state index is 0.141. The summed E-state index contributed by atoms with van der Waals surface area (Å²) in [7, 11) is -2.53. The van der Waals surface area contributed by atoms with E-state index in [2.05, 4.69) is 71.9 Å². The van der Waals surface area contributed by atoms with Crippen LogP contribution >= 0.6 is 22.6 Å². The Kier molecular flexibility index (Phi) is 13.4. The highest BCUT2D eigenvalue weighted by atomic mass is 127. The van der Waals surface area contributed by atoms with Gasteiger partial charge >= 0.3 is 12.1 Å². The fourth-order valence-corrected chi connectivity index (χ4v) is 6.99. The number of anilines is 1. The summed E-state index contributed by atoms with van der Waals surface area (Å²) in [5.41, 5.74) is 0.152. The Morgan fingerprint density at radius 1 is 0.915 bits per heavy atom. The molecule has 14 heteroatoms. The number of hydrogen-bond acceptors (Lipinski definition) is 9. The van der Waals surface area contributed by atoms with Crippen molar-refractivity contribution in [3.63, 3.8) is 0 Å². The number of rotatable bonds is 13. The molecule has 0 N–H and O–H groups in total. The molecular weight excluding hydrogens is 745 g/mol. The number of halogens is 1. The molecule has 0 aliphatic carbocycles. The highest BCUT2D eigenvalue weighted by molar-refractivity contribution is 14.1. The van der Waals surface area contributed by atoms with E-state index in [1.54, 1.807) is 6.20 Å². The number of likely N-dealkylation sites (tertiary alicyclic amines) is 1. The quantitative estimate of drug-likeness (QED) is 0.0666. The molecule has 1 saturated heterocycles. The van der Waals surface area contributed by atoms with Crippen LogP contribution in [0, 0.1) is 3.57 Å². The Bertz CT molecular complexity index is 1340. The number of carbonyl (C=O) groups excluding carboxylic acids is 2. The van der Waals surface area contributed by atoms with Gasteiger partial charge in [0.05, 0.1) is 15.5 Å². The third-order valence-electron chi connectivity index (χ3n) is 7.55. The molecular formula is C33H58IN5O6Si2. The van der Waals surface area contributed by atoms with Crippen LogP contribution in [-0.2, 0) is 23.7 Å². The van der Waals surface area contributed by atoms with Crippen molar-refractivity contribution in [3.05, 3.63) is 21.5 Å². The molecule has 1 aliphatic heterocycles. The number of aromatic nitrogens is 3. The van der Waals surface area contributed by atoms with Crippen LogP contribution in [0.1, 0.15) is 66.0 Å². The van der Waals surface area contributed by atoms with Crippen molar-refractivity contribution in [2.24, 2.45) is 0 Å². The first-order valence-electron chi connectivity index (χ1n) is 16.7. The summed E-state index contributed by atoms with van der Waals surface area (Å²) < 4.78 is 26.8. The zero-order chi connectivity index (χ0) is 35.4. The fourth-order valence-electron chi connectivity index (χ4n) is 5.00. The zero-order valence-corrected chi connectivity index (χ0v) is 34.9. The fraction of sp³-hybridized carbons (Fsp3) is 0.758. The second kappa shape index (κ2) is 15.9. The van der Waals surface area contributed by atoms with Gasteiger partial charge in [0.1, 0.15) is 36.5 Å². The Hall–Kier alpha value is -1.76. The summed E-state index contributed by atoms with van der Waals surface area (Å²) in [4.78, 5) is 35.5. The molecule has 0 spiro atoms. The van der Waals surface area contributed by atoms with Crippen LogP contribution in [-0.4, -0.2) is 98.2 Å². The first kappa shape index (κ1) is 39.7. The van der Waals surface area contributed by atoms with E-state index in [-0.39, 0.29) is 12.5 Å². The maximum atomic E-state index is 13.5. The monoisotopic (exact) mass is 803 g/mol. The average Bonchev–Trinajstić information content (AvgIpc) is 3.28. The van der Waals surface area contributed by atoms with Crippen molar-refractivity contribution in [1.82, 2.24) is 19.5 Å². The predicted octanol–water partition coefficient (Wildman–Crippen LogP) is 7.59. The van der Waals surface area contributed by atoms with E-state index in [4.69, 9.17) is 23.9 Å². The second-order valence-corrected chi connectivity index (χ2v) is 29.4. The summed E-state index contributed by atoms with van der Waals surface area (Å²) in [5, 5.41) is 4.67. The topological polar surface area (TPSA) is 108 Å². The van der Waals surface area contributed by atoms with E-state index in [9.17, 15) is 9.59 Å². The molecule has 47 heavy (non-hydrogen) atoms. The van der Waals surface area contributed by atoms with E-state index < -0.39 is 45.5 Å². The zero-order valence-electron chi connectivity index (χ0n) is 30.7. The minimum Gasteiger partial charge on any atom is -0.458 e. The van der Waals surface area contributed by atoms with E-state index in [0.717, 1.165) is 32.8 Å². The van der Waals surface area contributed by atoms with Crippen molar-refractivity contribution in [2.75, 3.05) is 38.1 Å². The first-order chi connectivity index (χ1) is 21.5. The second-order valence-electron chi connectivity index (χ2n) is 17.0. The number of piperidine rings is 1. The van der Waals surface area contributed by atoms with Crippen LogP contribution in [0.25, 0.3) is 5.65 Å². The largest absolute Gasteiger partial charge is 0.458 e. The van der Waals surface area contributed by atoms with Gasteiger partial charge in [-0.05, 0) is 89.1 Å². The molecule has 0 radical (unpaired) electrons. The summed E-state index contributed by atoms with van der Waals surface area (Å²) in [5.74, 6) is 0.249. The molecule has 3 heterocycles. The van der Waals surface area contributed by atoms with Gasteiger partial charge < -0.3 is 23.8 Å². The average molecular weight is 804 g/mol. The van der Waals surface area contributed by atoms with Crippen molar-refractivity contribution < 1.29 is 28.5 Å². The summed E-state index contributed by atoms with van der Waals surface area (Å²) >= 11 is 2.26. The van der Waals surface area contributed by atoms with Crippen LogP contribution in [0.3, 0.4) is 0 Å². The molecule has 0 aromatic carbocycles. The SMILES string of the molecule is CC(C)(C)OC(=O)C1CCC(c2cc(N(COCC[Si](C)(C)C)COCC[Si](C)(C)C)n3ncc(I)c3n2)CN1C(=O)OC(C)(C)C. The smallest absolute Gasteiger partial charge is 0.411 e. The van der Waals surface area contributed by atoms with Gasteiger partial charge in [-0.1, -0.05) is 39.3 Å². The van der Waals surface area contributed by atoms with Gasteiger partial charge in [0, 0.05) is 47.9 Å². The van der Waals surface area contributed by atoms with Crippen LogP contribution in [0.2, 0.25) is 51.4 Å². The Morgan fingerprint density at radius 3 is 1.98 bits per heavy atom. The van der Waals surface area contributed by atoms with Crippen LogP contribution in [0.5, 0.6) is 0 Å². The van der Waals surface area contributed by atoms with Crippen molar-refractivity contribution in [2.45, 2.75) is 129 Å². The molecule has 2 unspecified atom stereocenters. The summed E-state index contributed by atoms with van der Waals surface area (Å²) in [6, 6.07) is 3.42. The molecule has 3 rings (SSSR count). The number of esters is 1. The normalized spacial score (nSPS) is 18.0. The maximum absolute atomic E-state index is 13.5. The van der Waals surface area contributed by atoms with Gasteiger partial charge in [-0.2, -0.15) is 9.61 Å². The summed E-state index contributed by atoms with van der Waals surface area (Å²) in [6.45, 7) is 27.3. The Labute approximate surface area is 297 Å². The number of nitrogens with zero attached hydrogens (tertiary/aromatic N) is 5. The minimum atomic E-state index is -1.26. The van der Waals surface area contributed by atoms with Crippen LogP contribution in [0.4, 0.5) is 10.6 Å². The first-order valence-corrected chi connectivity index (χ1v) is 25.2. The van der Waals surface area contributed by atoms with Gasteiger partial charge in [0.25, 0.3) is 0 Å². The summed E-state index contributed by atoms with van der Waals surface area (Å²) in [6.07, 6.45) is 2.35. The van der Waals surface area contributed by atoms with Gasteiger partial charge in [0.2, 0.25) is 0 Å². The number of fused-ring (bicyclic) bond motifs is 1. The lowest BCUT2D eigenvalue weighted by molar-refractivity contribution is -0.162. The third kappa shape index (κ3) is 12.9. The lowest BCUT2D eigenvalue weighted by atomic mass is 9.90. The van der Waals surface area contributed by atoms with E-state index in [1.807, 2.05) is 52.1 Å². The third-order valence-corrected chi connectivity index (χ3v) is 11.7. The van der Waals surface area contributed by atoms with Gasteiger partial charge in [-0.25, -0.2) is 14.6 Å². The lowest BCUT2D eigenvalue weighted by Crippen LogP contribution is -2.53. The van der Waals surface area contributed by atoms with E-state index in [0.29, 0.717) is 39.5 Å². The van der Waals surface area contributed by atoms with Crippen LogP contribution in [0.15, 0.2) is 12.3 Å². The number of amides is 1. The van der Waals surface area contributed by atoms with Gasteiger partial charge in [-0.15, -0.1) is 0 Å². The predicted molar refractivity (Wildman–Crippen MR) is 201 cm³/mol. The molecule has 1 amide bonds. The highest BCUT2D eigenvalue weighted by Crippen LogP contribution is 2.34. The molecule has 2 aromatic rings. The molecule has 1 aliphatic rings. The number of carbonyl (C=O) groups is 2. The lowest BCUT2D eigenvalue weighted by Gasteiger charge is -2.39. The van der Waals surface area contributed by atoms with Crippen molar-refractivity contribution in [1.29, 1.82) is 0 Å². The van der Waals surface area contributed by atoms with Crippen molar-refractivity contribution >= 4 is 62.3 Å². The Morgan fingerprint density at radius 2 is 1.47 bits per heavy atom. The molecule has 0 bridgehead atoms. The molecule has 1 fully saturated rings. The number of hydrogen-bond donors (Lipinski definition) is 0. The molecule has 266 valence electrons. The highest BCUT2D eigenvalue weighted by Gasteiger charge is 2.41. The molecule has 2 aromatic heterocycles. The van der Waals surface area contributed by atoms with Crippen molar-refractivity contribution in [3.8, 4) is 0 Å². The Balaban J connectivity index is 1.97. The number of ether oxygens (including phenoxy) is 4. The maximum Gasteiger partial charge on any atom is 0.411 e. The molecule has 0 saturated carbocycles. The molecule has 11 nitrogen and oxygen atoms in total. The molecule has 2 atom stereocenters. The van der Waals surface area contributed by atoms with Gasteiger partial charge in [0.15, 0.2) is 5.65 Å². The van der Waals surface area contributed by atoms with E-state index >= 15 is 0 Å². The van der Waals surface area contributed by atoms with Crippen LogP contribution < -0.4 is 4.90 Å². The standard InChI is InChI=1S/C33H58IN5O6Si2/c1-32(2,3)44-30(40)27-14-13-24(21-38(27)31(41)45-33(4,5)6)26-19-28(39-29(36-26)25(34)20-35-39)37(22-42-15-17-46(7,8)9)23-43-16-18-47(10,11)12/h19-20,24,27H,13-18,21-23H2,1-12H3.